The maximum atomic E-state index is 11.3. The Hall–Kier alpha value is -2.55. The fraction of sp³-hybridized carbons (Fsp3) is 0. The van der Waals surface area contributed by atoms with Gasteiger partial charge >= 0.3 is 0 Å². The Morgan fingerprint density at radius 2 is 1.72 bits per heavy atom. The number of para-hydroxylation sites is 1. The number of carbonyl (C=O) groups is 1. The van der Waals surface area contributed by atoms with E-state index in [2.05, 4.69) is 4.98 Å². The summed E-state index contributed by atoms with van der Waals surface area (Å²) in [7, 11) is 0. The van der Waals surface area contributed by atoms with Crippen molar-refractivity contribution in [2.45, 2.75) is 0 Å². The van der Waals surface area contributed by atoms with E-state index in [0.717, 1.165) is 28.4 Å². The lowest BCUT2D eigenvalue weighted by Crippen LogP contribution is -1.87. The predicted octanol–water partition coefficient (Wildman–Crippen LogP) is 3.23. The minimum absolute atomic E-state index is 0.690. The molecule has 1 aromatic heterocycles. The average molecular weight is 236 g/mol. The van der Waals surface area contributed by atoms with E-state index in [1.54, 1.807) is 0 Å². The van der Waals surface area contributed by atoms with E-state index >= 15 is 0 Å². The molecule has 3 rings (SSSR count). The Labute approximate surface area is 104 Å². The van der Waals surface area contributed by atoms with Gasteiger partial charge in [0, 0.05) is 22.2 Å². The van der Waals surface area contributed by atoms with Crippen LogP contribution < -0.4 is 5.73 Å². The second-order valence-corrected chi connectivity index (χ2v) is 4.20. The van der Waals surface area contributed by atoms with Crippen molar-refractivity contribution in [2.24, 2.45) is 0 Å². The summed E-state index contributed by atoms with van der Waals surface area (Å²) in [5, 5.41) is 0.944. The molecule has 0 amide bonds. The number of hydrogen-bond acceptors (Lipinski definition) is 2. The molecule has 0 saturated heterocycles. The van der Waals surface area contributed by atoms with E-state index in [1.165, 1.54) is 0 Å². The van der Waals surface area contributed by atoms with Gasteiger partial charge in [-0.25, -0.2) is 0 Å². The lowest BCUT2D eigenvalue weighted by molar-refractivity contribution is 0.112. The molecule has 3 heteroatoms. The molecule has 0 radical (unpaired) electrons. The minimum Gasteiger partial charge on any atom is -0.399 e. The first-order valence-electron chi connectivity index (χ1n) is 5.71. The number of hydrogen-bond donors (Lipinski definition) is 2. The van der Waals surface area contributed by atoms with E-state index in [4.69, 9.17) is 5.73 Å². The summed E-state index contributed by atoms with van der Waals surface area (Å²) in [5.41, 5.74) is 9.84. The summed E-state index contributed by atoms with van der Waals surface area (Å²) in [4.78, 5) is 14.6. The molecular formula is C15H12N2O. The van der Waals surface area contributed by atoms with Gasteiger partial charge in [0.15, 0.2) is 6.29 Å². The average Bonchev–Trinajstić information content (AvgIpc) is 2.78. The van der Waals surface area contributed by atoms with Gasteiger partial charge in [-0.15, -0.1) is 0 Å². The summed E-state index contributed by atoms with van der Waals surface area (Å²) in [6.45, 7) is 0. The van der Waals surface area contributed by atoms with E-state index in [0.29, 0.717) is 11.3 Å². The van der Waals surface area contributed by atoms with Crippen molar-refractivity contribution in [3.8, 4) is 11.3 Å². The molecule has 0 unspecified atom stereocenters. The Bertz CT molecular complexity index is 711. The number of aldehydes is 1. The molecule has 3 nitrogen and oxygen atoms in total. The maximum absolute atomic E-state index is 11.3. The zero-order chi connectivity index (χ0) is 12.5. The third kappa shape index (κ3) is 1.57. The Balaban J connectivity index is 2.28. The number of H-pyrrole nitrogens is 1. The smallest absolute Gasteiger partial charge is 0.152 e. The molecule has 0 aliphatic rings. The topological polar surface area (TPSA) is 58.9 Å². The number of nitrogens with two attached hydrogens (primary N) is 1. The molecule has 0 atom stereocenters. The minimum atomic E-state index is 0.690. The zero-order valence-corrected chi connectivity index (χ0v) is 9.68. The van der Waals surface area contributed by atoms with Crippen LogP contribution >= 0.6 is 0 Å². The predicted molar refractivity (Wildman–Crippen MR) is 73.5 cm³/mol. The molecule has 0 fully saturated rings. The number of anilines is 1. The zero-order valence-electron chi connectivity index (χ0n) is 9.68. The first-order chi connectivity index (χ1) is 8.79. The molecule has 88 valence electrons. The number of nitrogen functional groups attached to an aromatic ring is 1. The van der Waals surface area contributed by atoms with E-state index in [-0.39, 0.29) is 0 Å². The van der Waals surface area contributed by atoms with Gasteiger partial charge in [0.2, 0.25) is 0 Å². The van der Waals surface area contributed by atoms with Crippen LogP contribution in [0, 0.1) is 0 Å². The van der Waals surface area contributed by atoms with Gasteiger partial charge in [-0.1, -0.05) is 30.3 Å². The molecule has 3 N–H and O–H groups in total. The quantitative estimate of drug-likeness (QED) is 0.530. The largest absolute Gasteiger partial charge is 0.399 e. The molecule has 0 saturated carbocycles. The number of aromatic amines is 1. The molecule has 0 aliphatic carbocycles. The highest BCUT2D eigenvalue weighted by atomic mass is 16.1. The number of nitrogens with one attached hydrogen (secondary N) is 1. The van der Waals surface area contributed by atoms with Crippen LogP contribution in [0.1, 0.15) is 10.4 Å². The van der Waals surface area contributed by atoms with Crippen LogP contribution in [0.4, 0.5) is 5.69 Å². The molecule has 0 spiro atoms. The summed E-state index contributed by atoms with van der Waals surface area (Å²) < 4.78 is 0. The lowest BCUT2D eigenvalue weighted by Gasteiger charge is -2.00. The van der Waals surface area contributed by atoms with Crippen LogP contribution in [0.5, 0.6) is 0 Å². The number of benzene rings is 2. The first kappa shape index (κ1) is 10.6. The van der Waals surface area contributed by atoms with Crippen molar-refractivity contribution >= 4 is 22.9 Å². The van der Waals surface area contributed by atoms with Gasteiger partial charge in [-0.3, -0.25) is 4.79 Å². The molecule has 0 aliphatic heterocycles. The van der Waals surface area contributed by atoms with Crippen LogP contribution in [-0.4, -0.2) is 11.3 Å². The molecule has 3 aromatic rings. The summed E-state index contributed by atoms with van der Waals surface area (Å²) in [6.07, 6.45) is 0.893. The van der Waals surface area contributed by atoms with Gasteiger partial charge in [0.05, 0.1) is 5.69 Å². The molecule has 0 bridgehead atoms. The summed E-state index contributed by atoms with van der Waals surface area (Å²) in [5.74, 6) is 0. The number of carbonyl (C=O) groups excluding carboxylic acids is 1. The van der Waals surface area contributed by atoms with Crippen LogP contribution in [0.15, 0.2) is 48.5 Å². The van der Waals surface area contributed by atoms with Gasteiger partial charge in [0.25, 0.3) is 0 Å². The van der Waals surface area contributed by atoms with Crippen LogP contribution in [-0.2, 0) is 0 Å². The highest BCUT2D eigenvalue weighted by Crippen LogP contribution is 2.29. The molecule has 2 aromatic carbocycles. The second-order valence-electron chi connectivity index (χ2n) is 4.20. The van der Waals surface area contributed by atoms with Crippen molar-refractivity contribution < 1.29 is 4.79 Å². The van der Waals surface area contributed by atoms with E-state index in [1.807, 2.05) is 48.5 Å². The number of aromatic nitrogens is 1. The van der Waals surface area contributed by atoms with Crippen LogP contribution in [0.3, 0.4) is 0 Å². The van der Waals surface area contributed by atoms with Gasteiger partial charge in [-0.2, -0.15) is 0 Å². The van der Waals surface area contributed by atoms with Crippen molar-refractivity contribution in [1.82, 2.24) is 4.98 Å². The lowest BCUT2D eigenvalue weighted by atomic mass is 10.1. The third-order valence-corrected chi connectivity index (χ3v) is 3.06. The van der Waals surface area contributed by atoms with E-state index in [9.17, 15) is 4.79 Å². The second kappa shape index (κ2) is 4.04. The Morgan fingerprint density at radius 3 is 2.44 bits per heavy atom. The number of fused-ring (bicyclic) bond motifs is 1. The molecule has 1 heterocycles. The van der Waals surface area contributed by atoms with E-state index < -0.39 is 0 Å². The van der Waals surface area contributed by atoms with Crippen molar-refractivity contribution in [1.29, 1.82) is 0 Å². The third-order valence-electron chi connectivity index (χ3n) is 3.06. The fourth-order valence-corrected chi connectivity index (χ4v) is 2.16. The van der Waals surface area contributed by atoms with Crippen molar-refractivity contribution in [3.63, 3.8) is 0 Å². The SMILES string of the molecule is Nc1ccc(-c2[nH]c3ccccc3c2C=O)cc1. The highest BCUT2D eigenvalue weighted by Gasteiger charge is 2.11. The van der Waals surface area contributed by atoms with Crippen LogP contribution in [0.2, 0.25) is 0 Å². The number of rotatable bonds is 2. The van der Waals surface area contributed by atoms with Gasteiger partial charge in [-0.05, 0) is 23.8 Å². The normalized spacial score (nSPS) is 10.7. The molecular weight excluding hydrogens is 224 g/mol. The standard InChI is InChI=1S/C15H12N2O/c16-11-7-5-10(6-8-11)15-13(9-18)12-3-1-2-4-14(12)17-15/h1-9,17H,16H2. The highest BCUT2D eigenvalue weighted by molar-refractivity contribution is 6.04. The monoisotopic (exact) mass is 236 g/mol. The van der Waals surface area contributed by atoms with Crippen LogP contribution in [0.25, 0.3) is 22.2 Å². The molecule has 18 heavy (non-hydrogen) atoms. The Morgan fingerprint density at radius 1 is 1.00 bits per heavy atom. The van der Waals surface area contributed by atoms with Crippen molar-refractivity contribution in [2.75, 3.05) is 5.73 Å². The van der Waals surface area contributed by atoms with Gasteiger partial charge in [0.1, 0.15) is 0 Å². The van der Waals surface area contributed by atoms with Gasteiger partial charge < -0.3 is 10.7 Å². The Kier molecular flexibility index (Phi) is 2.38. The first-order valence-corrected chi connectivity index (χ1v) is 5.71. The summed E-state index contributed by atoms with van der Waals surface area (Å²) in [6, 6.07) is 15.3. The summed E-state index contributed by atoms with van der Waals surface area (Å²) >= 11 is 0. The maximum Gasteiger partial charge on any atom is 0.152 e. The fourth-order valence-electron chi connectivity index (χ4n) is 2.16. The van der Waals surface area contributed by atoms with Crippen molar-refractivity contribution in [3.05, 3.63) is 54.1 Å².